The Morgan fingerprint density at radius 3 is 1.90 bits per heavy atom. The summed E-state index contributed by atoms with van der Waals surface area (Å²) in [6.07, 6.45) is 0.0322. The standard InChI is InChI=1S/C43H55N9O10/c1-23-37(56)45-22-34(55)47-30(19-26-11-5-4-6-12-26)38(57)49-36(25(3)54)41(60)50-35(24(2)53)40(59)48-31(20-27-21-44-29-14-8-7-13-28(27)29)42(61)52-18-10-16-33(52)43(62)51-17-9-15-32(51)39(58)46-23/h4-8,11-14,21,23-25,30-33,35-36,44,53-54H,9-10,15-20,22H2,1-3H3,(H,45,56)(H,46,58)(H,47,55)(H,48,59)(H,49,57)(H,50,60)/t23-,24+,25+,30-,31-,32-,33-,35-,36-/m0/s1. The minimum Gasteiger partial charge on any atom is -0.391 e. The minimum atomic E-state index is -1.70. The van der Waals surface area contributed by atoms with Gasteiger partial charge in [-0.2, -0.15) is 0 Å². The molecular formula is C43H55N9O10. The number of amides is 8. The van der Waals surface area contributed by atoms with Gasteiger partial charge in [0.2, 0.25) is 47.3 Å². The second-order valence-electron chi connectivity index (χ2n) is 16.2. The van der Waals surface area contributed by atoms with E-state index < -0.39 is 108 Å². The maximum absolute atomic E-state index is 14.7. The highest BCUT2D eigenvalue weighted by Crippen LogP contribution is 2.27. The fourth-order valence-corrected chi connectivity index (χ4v) is 8.27. The minimum absolute atomic E-state index is 0.0535. The molecule has 9 atom stereocenters. The van der Waals surface area contributed by atoms with Crippen molar-refractivity contribution in [1.29, 1.82) is 0 Å². The van der Waals surface area contributed by atoms with Crippen LogP contribution < -0.4 is 31.9 Å². The van der Waals surface area contributed by atoms with Gasteiger partial charge in [0.1, 0.15) is 42.3 Å². The smallest absolute Gasteiger partial charge is 0.246 e. The van der Waals surface area contributed by atoms with Crippen LogP contribution in [0.3, 0.4) is 0 Å². The van der Waals surface area contributed by atoms with Crippen molar-refractivity contribution in [3.8, 4) is 0 Å². The molecule has 2 aromatic carbocycles. The van der Waals surface area contributed by atoms with Crippen molar-refractivity contribution < 1.29 is 48.6 Å². The topological polar surface area (TPSA) is 271 Å². The zero-order valence-electron chi connectivity index (χ0n) is 34.9. The van der Waals surface area contributed by atoms with Crippen molar-refractivity contribution in [3.05, 3.63) is 71.9 Å². The summed E-state index contributed by atoms with van der Waals surface area (Å²) in [7, 11) is 0. The lowest BCUT2D eigenvalue weighted by Gasteiger charge is -2.34. The van der Waals surface area contributed by atoms with Crippen molar-refractivity contribution in [2.24, 2.45) is 0 Å². The third-order valence-electron chi connectivity index (χ3n) is 11.6. The van der Waals surface area contributed by atoms with Crippen LogP contribution >= 0.6 is 0 Å². The normalized spacial score (nSPS) is 27.5. The predicted molar refractivity (Wildman–Crippen MR) is 223 cm³/mol. The van der Waals surface area contributed by atoms with E-state index in [1.54, 1.807) is 36.5 Å². The number of nitrogens with one attached hydrogen (secondary N) is 7. The van der Waals surface area contributed by atoms with E-state index in [0.29, 0.717) is 30.4 Å². The second-order valence-corrected chi connectivity index (χ2v) is 16.2. The number of benzene rings is 2. The Morgan fingerprint density at radius 2 is 1.23 bits per heavy atom. The molecule has 0 bridgehead atoms. The Kier molecular flexibility index (Phi) is 14.6. The Balaban J connectivity index is 1.34. The highest BCUT2D eigenvalue weighted by Gasteiger charge is 2.45. The highest BCUT2D eigenvalue weighted by molar-refractivity contribution is 5.99. The third-order valence-corrected chi connectivity index (χ3v) is 11.6. The first-order valence-electron chi connectivity index (χ1n) is 21.0. The van der Waals surface area contributed by atoms with Crippen LogP contribution in [0.15, 0.2) is 60.8 Å². The summed E-state index contributed by atoms with van der Waals surface area (Å²) in [6, 6.07) is 6.89. The number of fused-ring (bicyclic) bond motifs is 3. The largest absolute Gasteiger partial charge is 0.391 e. The average molecular weight is 858 g/mol. The van der Waals surface area contributed by atoms with Crippen molar-refractivity contribution in [2.75, 3.05) is 19.6 Å². The molecule has 19 nitrogen and oxygen atoms in total. The molecule has 4 heterocycles. The number of nitrogens with zero attached hydrogens (tertiary/aromatic N) is 2. The van der Waals surface area contributed by atoms with E-state index in [1.165, 1.54) is 30.6 Å². The van der Waals surface area contributed by atoms with Crippen LogP contribution in [0.4, 0.5) is 0 Å². The second kappa shape index (κ2) is 20.0. The number of hydrogen-bond donors (Lipinski definition) is 9. The molecule has 0 radical (unpaired) electrons. The van der Waals surface area contributed by atoms with Crippen molar-refractivity contribution in [2.45, 2.75) is 114 Å². The lowest BCUT2D eigenvalue weighted by molar-refractivity contribution is -0.148. The zero-order valence-corrected chi connectivity index (χ0v) is 34.9. The molecule has 0 spiro atoms. The van der Waals surface area contributed by atoms with Crippen LogP contribution in [0, 0.1) is 0 Å². The van der Waals surface area contributed by atoms with Crippen LogP contribution in [0.25, 0.3) is 10.9 Å². The van der Waals surface area contributed by atoms with Gasteiger partial charge in [0.25, 0.3) is 0 Å². The van der Waals surface area contributed by atoms with E-state index >= 15 is 0 Å². The van der Waals surface area contributed by atoms with Crippen LogP contribution in [-0.4, -0.2) is 146 Å². The molecule has 8 amide bonds. The molecule has 19 heteroatoms. The first kappa shape index (κ1) is 45.2. The molecule has 3 fully saturated rings. The van der Waals surface area contributed by atoms with Gasteiger partial charge in [-0.25, -0.2) is 0 Å². The fourth-order valence-electron chi connectivity index (χ4n) is 8.27. The Morgan fingerprint density at radius 1 is 0.629 bits per heavy atom. The van der Waals surface area contributed by atoms with E-state index in [9.17, 15) is 48.6 Å². The molecule has 332 valence electrons. The molecule has 0 aliphatic carbocycles. The van der Waals surface area contributed by atoms with Gasteiger partial charge in [0.05, 0.1) is 18.8 Å². The number of hydrogen-bond acceptors (Lipinski definition) is 10. The molecule has 3 aliphatic rings. The lowest BCUT2D eigenvalue weighted by Crippen LogP contribution is -2.63. The summed E-state index contributed by atoms with van der Waals surface area (Å²) >= 11 is 0. The first-order chi connectivity index (χ1) is 29.6. The zero-order chi connectivity index (χ0) is 44.7. The number of carbonyl (C=O) groups excluding carboxylic acids is 8. The number of rotatable bonds is 6. The summed E-state index contributed by atoms with van der Waals surface area (Å²) in [5.41, 5.74) is 2.06. The van der Waals surface area contributed by atoms with Crippen molar-refractivity contribution >= 4 is 58.2 Å². The average Bonchev–Trinajstić information content (AvgIpc) is 4.03. The number of aromatic nitrogens is 1. The van der Waals surface area contributed by atoms with E-state index in [1.807, 2.05) is 24.3 Å². The van der Waals surface area contributed by atoms with Gasteiger partial charge in [0, 0.05) is 43.0 Å². The van der Waals surface area contributed by atoms with Crippen LogP contribution in [0.1, 0.15) is 57.6 Å². The van der Waals surface area contributed by atoms with Gasteiger partial charge >= 0.3 is 0 Å². The molecule has 9 N–H and O–H groups in total. The van der Waals surface area contributed by atoms with Crippen molar-refractivity contribution in [1.82, 2.24) is 46.7 Å². The number of aromatic amines is 1. The van der Waals surface area contributed by atoms with E-state index in [4.69, 9.17) is 0 Å². The number of para-hydroxylation sites is 1. The maximum Gasteiger partial charge on any atom is 0.246 e. The molecule has 62 heavy (non-hydrogen) atoms. The van der Waals surface area contributed by atoms with Crippen LogP contribution in [0.2, 0.25) is 0 Å². The Labute approximate surface area is 358 Å². The molecule has 3 saturated heterocycles. The first-order valence-corrected chi connectivity index (χ1v) is 21.0. The van der Waals surface area contributed by atoms with Crippen LogP contribution in [-0.2, 0) is 51.2 Å². The summed E-state index contributed by atoms with van der Waals surface area (Å²) in [5, 5.41) is 37.6. The third kappa shape index (κ3) is 10.6. The number of H-pyrrole nitrogens is 1. The molecule has 3 aliphatic heterocycles. The van der Waals surface area contributed by atoms with Gasteiger partial charge in [0.15, 0.2) is 0 Å². The molecule has 0 saturated carbocycles. The van der Waals surface area contributed by atoms with Gasteiger partial charge in [-0.15, -0.1) is 0 Å². The fraction of sp³-hybridized carbons (Fsp3) is 0.488. The van der Waals surface area contributed by atoms with E-state index in [-0.39, 0.29) is 32.4 Å². The maximum atomic E-state index is 14.7. The highest BCUT2D eigenvalue weighted by atomic mass is 16.3. The lowest BCUT2D eigenvalue weighted by atomic mass is 10.0. The Hall–Kier alpha value is -6.34. The van der Waals surface area contributed by atoms with Gasteiger partial charge < -0.3 is 56.9 Å². The number of carbonyl (C=O) groups is 8. The Bertz CT molecular complexity index is 2160. The summed E-state index contributed by atoms with van der Waals surface area (Å²) in [4.78, 5) is 117. The SMILES string of the molecule is C[C@@H]1NC(=O)[C@@H]2CCCN2C(=O)[C@@H]2CCCN2C(=O)[C@H](Cc2c[nH]c3ccccc23)NC(=O)[C@H]([C@@H](C)O)NC(=O)[C@H]([C@@H](C)O)NC(=O)[C@H](Cc2ccccc2)NC(=O)CNC1=O. The van der Waals surface area contributed by atoms with E-state index in [0.717, 1.165) is 10.9 Å². The predicted octanol–water partition coefficient (Wildman–Crippen LogP) is -1.73. The van der Waals surface area contributed by atoms with Crippen molar-refractivity contribution in [3.63, 3.8) is 0 Å². The van der Waals surface area contributed by atoms with E-state index in [2.05, 4.69) is 36.9 Å². The molecule has 3 aromatic rings. The summed E-state index contributed by atoms with van der Waals surface area (Å²) in [6.45, 7) is 3.70. The number of aliphatic hydroxyl groups is 2. The molecular weight excluding hydrogens is 803 g/mol. The molecule has 0 unspecified atom stereocenters. The molecule has 1 aromatic heterocycles. The van der Waals surface area contributed by atoms with Gasteiger partial charge in [-0.1, -0.05) is 48.5 Å². The number of aliphatic hydroxyl groups excluding tert-OH is 2. The summed E-state index contributed by atoms with van der Waals surface area (Å²) in [5.74, 6) is -6.04. The summed E-state index contributed by atoms with van der Waals surface area (Å²) < 4.78 is 0. The van der Waals surface area contributed by atoms with Crippen LogP contribution in [0.5, 0.6) is 0 Å². The van der Waals surface area contributed by atoms with Gasteiger partial charge in [-0.3, -0.25) is 38.4 Å². The molecule has 6 rings (SSSR count). The quantitative estimate of drug-likeness (QED) is 0.135. The monoisotopic (exact) mass is 857 g/mol. The van der Waals surface area contributed by atoms with Gasteiger partial charge in [-0.05, 0) is 63.6 Å².